The number of carbonyl (C=O) groups excluding carboxylic acids is 3. The van der Waals surface area contributed by atoms with Gasteiger partial charge in [-0.25, -0.2) is 0 Å². The summed E-state index contributed by atoms with van der Waals surface area (Å²) in [4.78, 5) is 35.6. The highest BCUT2D eigenvalue weighted by molar-refractivity contribution is 6.02. The van der Waals surface area contributed by atoms with Crippen molar-refractivity contribution >= 4 is 29.5 Å². The summed E-state index contributed by atoms with van der Waals surface area (Å²) in [6.45, 7) is 6.40. The van der Waals surface area contributed by atoms with E-state index in [0.717, 1.165) is 22.5 Å². The topological polar surface area (TPSA) is 102 Å². The van der Waals surface area contributed by atoms with E-state index >= 15 is 0 Å². The van der Waals surface area contributed by atoms with Crippen LogP contribution in [0.4, 0.5) is 5.69 Å². The summed E-state index contributed by atoms with van der Waals surface area (Å²) < 4.78 is 6.42. The van der Waals surface area contributed by atoms with Gasteiger partial charge in [-0.3, -0.25) is 19.1 Å². The maximum atomic E-state index is 12.4. The number of nitrogens with zero attached hydrogens (tertiary/aromatic N) is 2. The van der Waals surface area contributed by atoms with E-state index in [4.69, 9.17) is 0 Å². The predicted molar refractivity (Wildman–Crippen MR) is 130 cm³/mol. The van der Waals surface area contributed by atoms with Gasteiger partial charge in [0.15, 0.2) is 0 Å². The molecule has 0 aliphatic heterocycles. The van der Waals surface area contributed by atoms with Crippen molar-refractivity contribution in [3.8, 4) is 0 Å². The average molecular weight is 461 g/mol. The second-order valence-electron chi connectivity index (χ2n) is 7.89. The van der Waals surface area contributed by atoms with Gasteiger partial charge in [0.25, 0.3) is 5.91 Å². The van der Waals surface area contributed by atoms with Crippen LogP contribution < -0.4 is 10.6 Å². The molecule has 0 saturated carbocycles. The fraction of sp³-hybridized carbons (Fsp3) is 0.231. The normalized spacial score (nSPS) is 10.8. The summed E-state index contributed by atoms with van der Waals surface area (Å²) >= 11 is 0. The van der Waals surface area contributed by atoms with Crippen molar-refractivity contribution in [2.45, 2.75) is 27.3 Å². The zero-order valence-electron chi connectivity index (χ0n) is 19.7. The van der Waals surface area contributed by atoms with Crippen molar-refractivity contribution in [1.82, 2.24) is 15.1 Å². The third-order valence-electron chi connectivity index (χ3n) is 5.33. The van der Waals surface area contributed by atoms with Crippen LogP contribution in [0.1, 0.15) is 38.4 Å². The first-order valence-corrected chi connectivity index (χ1v) is 10.8. The number of aromatic nitrogens is 2. The number of ether oxygens (including phenoxy) is 1. The fourth-order valence-electron chi connectivity index (χ4n) is 3.35. The molecule has 1 aromatic heterocycles. The smallest absolute Gasteiger partial charge is 0.325 e. The molecule has 0 unspecified atom stereocenters. The van der Waals surface area contributed by atoms with Gasteiger partial charge in [0.2, 0.25) is 5.91 Å². The maximum absolute atomic E-state index is 12.4. The molecule has 3 rings (SSSR count). The van der Waals surface area contributed by atoms with Crippen molar-refractivity contribution in [2.75, 3.05) is 19.0 Å². The predicted octanol–water partition coefficient (Wildman–Crippen LogP) is 3.41. The third-order valence-corrected chi connectivity index (χ3v) is 5.33. The molecule has 8 heteroatoms. The van der Waals surface area contributed by atoms with Crippen molar-refractivity contribution < 1.29 is 19.1 Å². The minimum atomic E-state index is -0.532. The number of benzene rings is 2. The summed E-state index contributed by atoms with van der Waals surface area (Å²) in [5.74, 6) is -1.24. The number of carbonyl (C=O) groups is 3. The molecule has 0 aliphatic carbocycles. The standard InChI is InChI=1S/C26H28N4O4/c1-17-5-7-20(8-6-17)16-30-19(3)23(18(2)29-30)13-14-24(31)28-22-11-9-21(10-12-22)26(33)27-15-25(32)34-4/h5-14H,15-16H2,1-4H3,(H,27,33)(H,28,31)/b14-13+. The van der Waals surface area contributed by atoms with E-state index in [1.165, 1.54) is 18.7 Å². The number of hydrogen-bond acceptors (Lipinski definition) is 5. The van der Waals surface area contributed by atoms with E-state index in [2.05, 4.69) is 51.7 Å². The maximum Gasteiger partial charge on any atom is 0.325 e. The number of hydrogen-bond donors (Lipinski definition) is 2. The number of aryl methyl sites for hydroxylation is 2. The largest absolute Gasteiger partial charge is 0.468 e. The highest BCUT2D eigenvalue weighted by Crippen LogP contribution is 2.17. The molecule has 0 atom stereocenters. The summed E-state index contributed by atoms with van der Waals surface area (Å²) in [6, 6.07) is 14.7. The SMILES string of the molecule is COC(=O)CNC(=O)c1ccc(NC(=O)/C=C/c2c(C)nn(Cc3ccc(C)cc3)c2C)cc1. The van der Waals surface area contributed by atoms with Gasteiger partial charge in [0.1, 0.15) is 6.54 Å². The fourth-order valence-corrected chi connectivity index (χ4v) is 3.35. The Balaban J connectivity index is 1.60. The van der Waals surface area contributed by atoms with E-state index in [-0.39, 0.29) is 12.5 Å². The molecule has 0 radical (unpaired) electrons. The zero-order chi connectivity index (χ0) is 24.7. The molecule has 3 aromatic rings. The molecular formula is C26H28N4O4. The number of methoxy groups -OCH3 is 1. The first-order valence-electron chi connectivity index (χ1n) is 10.8. The zero-order valence-corrected chi connectivity index (χ0v) is 19.7. The van der Waals surface area contributed by atoms with Crippen LogP contribution in [0, 0.1) is 20.8 Å². The van der Waals surface area contributed by atoms with E-state index in [1.807, 2.05) is 18.5 Å². The van der Waals surface area contributed by atoms with E-state index < -0.39 is 11.9 Å². The van der Waals surface area contributed by atoms with Crippen molar-refractivity contribution in [3.05, 3.63) is 88.2 Å². The molecule has 0 saturated heterocycles. The van der Waals surface area contributed by atoms with Crippen LogP contribution in [0.15, 0.2) is 54.6 Å². The summed E-state index contributed by atoms with van der Waals surface area (Å²) in [6.07, 6.45) is 3.22. The van der Waals surface area contributed by atoms with Crippen LogP contribution >= 0.6 is 0 Å². The Morgan fingerprint density at radius 1 is 1.00 bits per heavy atom. The lowest BCUT2D eigenvalue weighted by molar-refractivity contribution is -0.139. The second kappa shape index (κ2) is 11.1. The number of nitrogens with one attached hydrogen (secondary N) is 2. The Morgan fingerprint density at radius 3 is 2.32 bits per heavy atom. The molecule has 1 heterocycles. The first-order chi connectivity index (χ1) is 16.3. The number of amides is 2. The van der Waals surface area contributed by atoms with Gasteiger partial charge in [-0.15, -0.1) is 0 Å². The first kappa shape index (κ1) is 24.4. The molecule has 0 bridgehead atoms. The van der Waals surface area contributed by atoms with Gasteiger partial charge in [-0.05, 0) is 56.7 Å². The molecule has 2 amide bonds. The third kappa shape index (κ3) is 6.41. The molecule has 2 aromatic carbocycles. The molecule has 0 spiro atoms. The minimum absolute atomic E-state index is 0.209. The van der Waals surface area contributed by atoms with Crippen LogP contribution in [-0.4, -0.2) is 41.2 Å². The van der Waals surface area contributed by atoms with Crippen LogP contribution in [0.3, 0.4) is 0 Å². The Kier molecular flexibility index (Phi) is 7.97. The Morgan fingerprint density at radius 2 is 1.68 bits per heavy atom. The molecular weight excluding hydrogens is 432 g/mol. The van der Waals surface area contributed by atoms with Crippen LogP contribution in [0.25, 0.3) is 6.08 Å². The van der Waals surface area contributed by atoms with Gasteiger partial charge in [-0.1, -0.05) is 29.8 Å². The van der Waals surface area contributed by atoms with Gasteiger partial charge in [0, 0.05) is 28.6 Å². The molecule has 176 valence electrons. The summed E-state index contributed by atoms with van der Waals surface area (Å²) in [5, 5.41) is 9.84. The lowest BCUT2D eigenvalue weighted by Crippen LogP contribution is -2.30. The van der Waals surface area contributed by atoms with Crippen molar-refractivity contribution in [1.29, 1.82) is 0 Å². The van der Waals surface area contributed by atoms with Gasteiger partial charge < -0.3 is 15.4 Å². The lowest BCUT2D eigenvalue weighted by Gasteiger charge is -2.06. The Labute approximate surface area is 198 Å². The number of rotatable bonds is 8. The monoisotopic (exact) mass is 460 g/mol. The number of anilines is 1. The molecule has 2 N–H and O–H groups in total. The van der Waals surface area contributed by atoms with Crippen LogP contribution in [0.2, 0.25) is 0 Å². The Hall–Kier alpha value is -4.20. The van der Waals surface area contributed by atoms with Crippen molar-refractivity contribution in [3.63, 3.8) is 0 Å². The Bertz CT molecular complexity index is 1210. The highest BCUT2D eigenvalue weighted by atomic mass is 16.5. The van der Waals surface area contributed by atoms with Gasteiger partial charge >= 0.3 is 5.97 Å². The lowest BCUT2D eigenvalue weighted by atomic mass is 10.1. The molecule has 0 fully saturated rings. The number of esters is 1. The average Bonchev–Trinajstić information content (AvgIpc) is 3.09. The van der Waals surface area contributed by atoms with Crippen LogP contribution in [-0.2, 0) is 20.9 Å². The van der Waals surface area contributed by atoms with Crippen molar-refractivity contribution in [2.24, 2.45) is 0 Å². The van der Waals surface area contributed by atoms with E-state index in [1.54, 1.807) is 30.3 Å². The van der Waals surface area contributed by atoms with Crippen LogP contribution in [0.5, 0.6) is 0 Å². The molecule has 34 heavy (non-hydrogen) atoms. The van der Waals surface area contributed by atoms with E-state index in [0.29, 0.717) is 17.8 Å². The quantitative estimate of drug-likeness (QED) is 0.396. The molecule has 0 aliphatic rings. The highest BCUT2D eigenvalue weighted by Gasteiger charge is 2.11. The van der Waals surface area contributed by atoms with E-state index in [9.17, 15) is 14.4 Å². The summed E-state index contributed by atoms with van der Waals surface area (Å²) in [5.41, 5.74) is 6.00. The summed E-state index contributed by atoms with van der Waals surface area (Å²) in [7, 11) is 1.25. The second-order valence-corrected chi connectivity index (χ2v) is 7.89. The van der Waals surface area contributed by atoms with Gasteiger partial charge in [-0.2, -0.15) is 5.10 Å². The minimum Gasteiger partial charge on any atom is -0.468 e. The molecule has 8 nitrogen and oxygen atoms in total. The van der Waals surface area contributed by atoms with Gasteiger partial charge in [0.05, 0.1) is 19.3 Å².